The summed E-state index contributed by atoms with van der Waals surface area (Å²) in [6, 6.07) is 18.2. The van der Waals surface area contributed by atoms with Crippen LogP contribution in [0.2, 0.25) is 0 Å². The molecule has 0 atom stereocenters. The van der Waals surface area contributed by atoms with Crippen LogP contribution in [0.25, 0.3) is 0 Å². The summed E-state index contributed by atoms with van der Waals surface area (Å²) >= 11 is 0. The average molecular weight is 435 g/mol. The molecule has 2 aromatic rings. The monoisotopic (exact) mass is 434 g/mol. The molecule has 2 fully saturated rings. The minimum Gasteiger partial charge on any atom is -0.339 e. The SMILES string of the molecule is Cc1ccc(CN2CCN(CC(=O)N3CCN(Cc4ccccc4)CC3)C(=O)C2=O)cc1. The summed E-state index contributed by atoms with van der Waals surface area (Å²) in [6.07, 6.45) is 0. The Labute approximate surface area is 189 Å². The highest BCUT2D eigenvalue weighted by Crippen LogP contribution is 2.13. The molecule has 32 heavy (non-hydrogen) atoms. The summed E-state index contributed by atoms with van der Waals surface area (Å²) in [5.41, 5.74) is 3.41. The van der Waals surface area contributed by atoms with Crippen LogP contribution in [-0.4, -0.2) is 83.1 Å². The van der Waals surface area contributed by atoms with Crippen LogP contribution in [0, 0.1) is 6.92 Å². The first-order valence-corrected chi connectivity index (χ1v) is 11.2. The van der Waals surface area contributed by atoms with Crippen LogP contribution in [-0.2, 0) is 27.5 Å². The van der Waals surface area contributed by atoms with Crippen LogP contribution in [0.15, 0.2) is 54.6 Å². The van der Waals surface area contributed by atoms with E-state index in [0.29, 0.717) is 32.7 Å². The summed E-state index contributed by atoms with van der Waals surface area (Å²) in [5.74, 6) is -1.20. The molecule has 0 radical (unpaired) electrons. The Morgan fingerprint density at radius 2 is 1.31 bits per heavy atom. The van der Waals surface area contributed by atoms with E-state index in [4.69, 9.17) is 0 Å². The first-order chi connectivity index (χ1) is 15.5. The average Bonchev–Trinajstić information content (AvgIpc) is 2.81. The van der Waals surface area contributed by atoms with Crippen molar-refractivity contribution >= 4 is 17.7 Å². The molecule has 4 rings (SSSR count). The lowest BCUT2D eigenvalue weighted by Crippen LogP contribution is -2.57. The molecule has 2 aliphatic heterocycles. The lowest BCUT2D eigenvalue weighted by molar-refractivity contribution is -0.158. The van der Waals surface area contributed by atoms with Crippen molar-refractivity contribution in [3.63, 3.8) is 0 Å². The summed E-state index contributed by atoms with van der Waals surface area (Å²) in [7, 11) is 0. The molecule has 3 amide bonds. The second-order valence-corrected chi connectivity index (χ2v) is 8.58. The molecule has 0 spiro atoms. The molecule has 0 bridgehead atoms. The van der Waals surface area contributed by atoms with E-state index in [1.54, 1.807) is 9.80 Å². The maximum absolute atomic E-state index is 12.8. The third-order valence-electron chi connectivity index (χ3n) is 6.19. The number of nitrogens with zero attached hydrogens (tertiary/aromatic N) is 4. The predicted octanol–water partition coefficient (Wildman–Crippen LogP) is 1.51. The maximum Gasteiger partial charge on any atom is 0.312 e. The van der Waals surface area contributed by atoms with Crippen LogP contribution in [0.3, 0.4) is 0 Å². The van der Waals surface area contributed by atoms with Crippen molar-refractivity contribution in [2.45, 2.75) is 20.0 Å². The molecular formula is C25H30N4O3. The number of carbonyl (C=O) groups is 3. The molecule has 0 N–H and O–H groups in total. The molecule has 7 heteroatoms. The Kier molecular flexibility index (Phi) is 6.85. The number of benzene rings is 2. The third-order valence-corrected chi connectivity index (χ3v) is 6.19. The molecule has 2 aromatic carbocycles. The van der Waals surface area contributed by atoms with Crippen LogP contribution >= 0.6 is 0 Å². The standard InChI is InChI=1S/C25H30N4O3/c1-20-7-9-22(10-8-20)18-28-15-16-29(25(32)24(28)31)19-23(30)27-13-11-26(12-14-27)17-21-5-3-2-4-6-21/h2-10H,11-19H2,1H3. The molecule has 2 heterocycles. The van der Waals surface area contributed by atoms with Gasteiger partial charge >= 0.3 is 11.8 Å². The fourth-order valence-corrected chi connectivity index (χ4v) is 4.19. The molecule has 0 aliphatic carbocycles. The first kappa shape index (κ1) is 22.0. The van der Waals surface area contributed by atoms with E-state index in [9.17, 15) is 14.4 Å². The minimum atomic E-state index is -0.584. The van der Waals surface area contributed by atoms with Gasteiger partial charge in [0.15, 0.2) is 0 Å². The largest absolute Gasteiger partial charge is 0.339 e. The van der Waals surface area contributed by atoms with Crippen LogP contribution in [0.4, 0.5) is 0 Å². The lowest BCUT2D eigenvalue weighted by Gasteiger charge is -2.37. The Balaban J connectivity index is 1.25. The summed E-state index contributed by atoms with van der Waals surface area (Å²) in [5, 5.41) is 0. The number of hydrogen-bond acceptors (Lipinski definition) is 4. The lowest BCUT2D eigenvalue weighted by atomic mass is 10.1. The van der Waals surface area contributed by atoms with Gasteiger partial charge in [0.05, 0.1) is 0 Å². The molecule has 168 valence electrons. The van der Waals surface area contributed by atoms with Gasteiger partial charge in [-0.15, -0.1) is 0 Å². The topological polar surface area (TPSA) is 64.2 Å². The maximum atomic E-state index is 12.8. The van der Waals surface area contributed by atoms with Crippen molar-refractivity contribution in [2.24, 2.45) is 0 Å². The summed E-state index contributed by atoms with van der Waals surface area (Å²) in [6.45, 7) is 6.98. The quantitative estimate of drug-likeness (QED) is 0.647. The Morgan fingerprint density at radius 1 is 0.719 bits per heavy atom. The van der Waals surface area contributed by atoms with E-state index in [2.05, 4.69) is 17.0 Å². The van der Waals surface area contributed by atoms with E-state index in [1.165, 1.54) is 10.5 Å². The second kappa shape index (κ2) is 9.96. The highest BCUT2D eigenvalue weighted by atomic mass is 16.2. The van der Waals surface area contributed by atoms with Gasteiger partial charge in [-0.2, -0.15) is 0 Å². The van der Waals surface area contributed by atoms with Crippen LogP contribution in [0.1, 0.15) is 16.7 Å². The smallest absolute Gasteiger partial charge is 0.312 e. The van der Waals surface area contributed by atoms with Gasteiger partial charge in [0.2, 0.25) is 5.91 Å². The molecule has 0 saturated carbocycles. The van der Waals surface area contributed by atoms with Crippen LogP contribution < -0.4 is 0 Å². The molecule has 7 nitrogen and oxygen atoms in total. The minimum absolute atomic E-state index is 0.0262. The van der Waals surface area contributed by atoms with E-state index in [1.807, 2.05) is 49.4 Å². The zero-order valence-electron chi connectivity index (χ0n) is 18.6. The third kappa shape index (κ3) is 5.34. The van der Waals surface area contributed by atoms with Gasteiger partial charge in [0.25, 0.3) is 0 Å². The van der Waals surface area contributed by atoms with Gasteiger partial charge in [-0.3, -0.25) is 19.3 Å². The zero-order chi connectivity index (χ0) is 22.5. The molecule has 2 aliphatic rings. The highest BCUT2D eigenvalue weighted by Gasteiger charge is 2.34. The Hall–Kier alpha value is -3.19. The highest BCUT2D eigenvalue weighted by molar-refractivity contribution is 6.35. The van der Waals surface area contributed by atoms with Gasteiger partial charge in [-0.25, -0.2) is 0 Å². The van der Waals surface area contributed by atoms with Crippen molar-refractivity contribution in [2.75, 3.05) is 45.8 Å². The van der Waals surface area contributed by atoms with Gasteiger partial charge < -0.3 is 14.7 Å². The number of carbonyl (C=O) groups excluding carboxylic acids is 3. The Bertz CT molecular complexity index is 953. The number of rotatable bonds is 6. The number of aryl methyl sites for hydroxylation is 1. The number of amides is 3. The molecule has 0 unspecified atom stereocenters. The van der Waals surface area contributed by atoms with Gasteiger partial charge in [-0.05, 0) is 18.1 Å². The normalized spacial score (nSPS) is 17.7. The molecule has 2 saturated heterocycles. The van der Waals surface area contributed by atoms with E-state index in [-0.39, 0.29) is 12.5 Å². The van der Waals surface area contributed by atoms with Crippen molar-refractivity contribution in [1.29, 1.82) is 0 Å². The summed E-state index contributed by atoms with van der Waals surface area (Å²) in [4.78, 5) is 45.1. The zero-order valence-corrected chi connectivity index (χ0v) is 18.6. The molecule has 0 aromatic heterocycles. The van der Waals surface area contributed by atoms with Crippen molar-refractivity contribution in [3.05, 3.63) is 71.3 Å². The van der Waals surface area contributed by atoms with E-state index in [0.717, 1.165) is 30.8 Å². The fraction of sp³-hybridized carbons (Fsp3) is 0.400. The van der Waals surface area contributed by atoms with Crippen LogP contribution in [0.5, 0.6) is 0 Å². The van der Waals surface area contributed by atoms with Gasteiger partial charge in [-0.1, -0.05) is 60.2 Å². The van der Waals surface area contributed by atoms with E-state index < -0.39 is 11.8 Å². The Morgan fingerprint density at radius 3 is 2.00 bits per heavy atom. The fourth-order valence-electron chi connectivity index (χ4n) is 4.19. The molecular weight excluding hydrogens is 404 g/mol. The van der Waals surface area contributed by atoms with Crippen molar-refractivity contribution < 1.29 is 14.4 Å². The predicted molar refractivity (Wildman–Crippen MR) is 121 cm³/mol. The van der Waals surface area contributed by atoms with Crippen molar-refractivity contribution in [1.82, 2.24) is 19.6 Å². The van der Waals surface area contributed by atoms with Gasteiger partial charge in [0.1, 0.15) is 6.54 Å². The first-order valence-electron chi connectivity index (χ1n) is 11.2. The second-order valence-electron chi connectivity index (χ2n) is 8.58. The number of hydrogen-bond donors (Lipinski definition) is 0. The number of piperazine rings is 2. The van der Waals surface area contributed by atoms with E-state index >= 15 is 0 Å². The summed E-state index contributed by atoms with van der Waals surface area (Å²) < 4.78 is 0. The van der Waals surface area contributed by atoms with Crippen molar-refractivity contribution in [3.8, 4) is 0 Å². The van der Waals surface area contributed by atoms with Gasteiger partial charge in [0, 0.05) is 52.4 Å².